The first kappa shape index (κ1) is 32.8. The van der Waals surface area contributed by atoms with Crippen molar-refractivity contribution in [2.45, 2.75) is 53.7 Å². The molecule has 2 bridgehead atoms. The number of thioether (sulfide) groups is 1. The number of carbonyl (C=O) groups is 3. The third-order valence-electron chi connectivity index (χ3n) is 9.16. The van der Waals surface area contributed by atoms with Gasteiger partial charge in [-0.25, -0.2) is 0 Å². The van der Waals surface area contributed by atoms with Crippen LogP contribution >= 0.6 is 39.3 Å². The summed E-state index contributed by atoms with van der Waals surface area (Å²) in [5.41, 5.74) is 1.51. The smallest absolute Gasteiger partial charge is 0.251 e. The van der Waals surface area contributed by atoms with Crippen LogP contribution in [-0.4, -0.2) is 79.2 Å². The first-order valence-corrected chi connectivity index (χ1v) is 17.1. The summed E-state index contributed by atoms with van der Waals surface area (Å²) in [6.07, 6.45) is 3.88. The van der Waals surface area contributed by atoms with Gasteiger partial charge in [-0.2, -0.15) is 0 Å². The lowest BCUT2D eigenvalue weighted by atomic mass is 9.70. The van der Waals surface area contributed by atoms with Gasteiger partial charge in [0.2, 0.25) is 11.8 Å². The van der Waals surface area contributed by atoms with E-state index in [9.17, 15) is 19.5 Å². The number of hydrogen-bond acceptors (Lipinski definition) is 5. The fourth-order valence-electron chi connectivity index (χ4n) is 7.26. The number of aliphatic hydroxyl groups is 1. The first-order chi connectivity index (χ1) is 21.1. The van der Waals surface area contributed by atoms with Gasteiger partial charge >= 0.3 is 0 Å². The number of amides is 3. The summed E-state index contributed by atoms with van der Waals surface area (Å²) in [7, 11) is 0. The molecule has 7 atom stereocenters. The van der Waals surface area contributed by atoms with E-state index < -0.39 is 28.7 Å². The highest BCUT2D eigenvalue weighted by Gasteiger charge is 2.76. The number of anilines is 1. The number of aliphatic hydroxyl groups excluding tert-OH is 1. The quantitative estimate of drug-likeness (QED) is 0.232. The van der Waals surface area contributed by atoms with Crippen LogP contribution < -0.4 is 4.90 Å². The molecule has 1 spiro atoms. The van der Waals surface area contributed by atoms with Crippen LogP contribution in [0.1, 0.15) is 25.8 Å². The molecule has 3 aliphatic heterocycles. The van der Waals surface area contributed by atoms with E-state index in [0.29, 0.717) is 30.2 Å². The molecular weight excluding hydrogens is 662 g/mol. The van der Waals surface area contributed by atoms with Gasteiger partial charge in [0.25, 0.3) is 5.91 Å². The van der Waals surface area contributed by atoms with Crippen LogP contribution in [0, 0.1) is 17.8 Å². The van der Waals surface area contributed by atoms with E-state index in [1.165, 1.54) is 0 Å². The van der Waals surface area contributed by atoms with Crippen molar-refractivity contribution in [2.24, 2.45) is 17.8 Å². The first-order valence-electron chi connectivity index (χ1n) is 15.0. The number of fused-ring (bicyclic) bond motifs is 1. The van der Waals surface area contributed by atoms with Gasteiger partial charge in [-0.05, 0) is 30.0 Å². The maximum atomic E-state index is 14.9. The molecule has 234 valence electrons. The molecule has 10 heteroatoms. The Hall–Kier alpha value is -2.59. The molecule has 44 heavy (non-hydrogen) atoms. The summed E-state index contributed by atoms with van der Waals surface area (Å²) in [6, 6.07) is 15.4. The van der Waals surface area contributed by atoms with Crippen LogP contribution in [0.2, 0.25) is 5.02 Å². The Balaban J connectivity index is 1.61. The van der Waals surface area contributed by atoms with Crippen LogP contribution in [0.4, 0.5) is 5.69 Å². The third-order valence-corrected chi connectivity index (χ3v) is 12.7. The molecule has 5 rings (SSSR count). The van der Waals surface area contributed by atoms with Crippen molar-refractivity contribution < 1.29 is 19.5 Å². The van der Waals surface area contributed by atoms with Gasteiger partial charge in [0.15, 0.2) is 0 Å². The van der Waals surface area contributed by atoms with E-state index in [1.54, 1.807) is 56.8 Å². The average molecular weight is 701 g/mol. The van der Waals surface area contributed by atoms with Crippen molar-refractivity contribution in [2.75, 3.05) is 24.6 Å². The number of benzene rings is 2. The van der Waals surface area contributed by atoms with E-state index in [-0.39, 0.29) is 46.9 Å². The molecule has 0 aromatic heterocycles. The van der Waals surface area contributed by atoms with Gasteiger partial charge in [-0.3, -0.25) is 14.4 Å². The van der Waals surface area contributed by atoms with E-state index in [2.05, 4.69) is 29.1 Å². The SMILES string of the molecule is C=CCN(Cc1ccccc1)C(=O)[C@H]1[C@@H]2SC3(CC2Br)C(C(=O)N(CC=C)c2ccccc2Cl)N([C@@H](CO)C(C)C)C(=O)[C@H]13. The fourth-order valence-corrected chi connectivity index (χ4v) is 11.1. The molecule has 3 aliphatic rings. The topological polar surface area (TPSA) is 81.2 Å². The second-order valence-electron chi connectivity index (χ2n) is 12.1. The molecule has 3 unspecified atom stereocenters. The Morgan fingerprint density at radius 1 is 1.11 bits per heavy atom. The predicted octanol–water partition coefficient (Wildman–Crippen LogP) is 5.56. The van der Waals surface area contributed by atoms with E-state index >= 15 is 0 Å². The predicted molar refractivity (Wildman–Crippen MR) is 181 cm³/mol. The second kappa shape index (κ2) is 13.4. The highest BCUT2D eigenvalue weighted by molar-refractivity contribution is 9.09. The minimum atomic E-state index is -0.911. The molecule has 7 nitrogen and oxygen atoms in total. The highest BCUT2D eigenvalue weighted by Crippen LogP contribution is 2.68. The van der Waals surface area contributed by atoms with Crippen LogP contribution in [0.25, 0.3) is 0 Å². The summed E-state index contributed by atoms with van der Waals surface area (Å²) in [5, 5.41) is 10.8. The van der Waals surface area contributed by atoms with Crippen molar-refractivity contribution >= 4 is 62.7 Å². The van der Waals surface area contributed by atoms with Crippen molar-refractivity contribution in [1.82, 2.24) is 9.80 Å². The lowest BCUT2D eigenvalue weighted by Crippen LogP contribution is -2.59. The van der Waals surface area contributed by atoms with Crippen molar-refractivity contribution in [3.63, 3.8) is 0 Å². The van der Waals surface area contributed by atoms with Crippen molar-refractivity contribution in [3.05, 3.63) is 90.5 Å². The standard InChI is InChI=1S/C34H39BrClN3O4S/c1-5-16-37(19-22-12-8-7-9-13-22)31(41)27-28-32(42)39(26(20-40)21(3)4)30(34(28)18-23(35)29(27)44-34)33(43)38(17-6-2)25-15-11-10-14-24(25)36/h5-15,21,23,26-30,40H,1-2,16-20H2,3-4H3/t23?,26-,27+,28-,29+,30?,34?/m0/s1. The Kier molecular flexibility index (Phi) is 10.00. The average Bonchev–Trinajstić information content (AvgIpc) is 3.60. The molecule has 3 heterocycles. The Labute approximate surface area is 277 Å². The van der Waals surface area contributed by atoms with Gasteiger partial charge in [0.1, 0.15) is 6.04 Å². The summed E-state index contributed by atoms with van der Waals surface area (Å²) in [5.74, 6) is -2.16. The lowest BCUT2D eigenvalue weighted by molar-refractivity contribution is -0.146. The number of rotatable bonds is 12. The van der Waals surface area contributed by atoms with Crippen LogP contribution in [0.3, 0.4) is 0 Å². The van der Waals surface area contributed by atoms with Crippen LogP contribution in [-0.2, 0) is 20.9 Å². The molecule has 3 saturated heterocycles. The summed E-state index contributed by atoms with van der Waals surface area (Å²) in [6.45, 7) is 12.2. The number of likely N-dealkylation sites (tertiary alicyclic amines) is 1. The van der Waals surface area contributed by atoms with E-state index in [4.69, 9.17) is 11.6 Å². The van der Waals surface area contributed by atoms with E-state index in [1.807, 2.05) is 50.2 Å². The Bertz CT molecular complexity index is 1430. The molecule has 1 N–H and O–H groups in total. The largest absolute Gasteiger partial charge is 0.394 e. The third kappa shape index (κ3) is 5.54. The molecule has 2 aromatic carbocycles. The van der Waals surface area contributed by atoms with E-state index in [0.717, 1.165) is 5.56 Å². The molecule has 2 aromatic rings. The Morgan fingerprint density at radius 2 is 1.77 bits per heavy atom. The van der Waals surface area contributed by atoms with Crippen molar-refractivity contribution in [1.29, 1.82) is 0 Å². The second-order valence-corrected chi connectivity index (χ2v) is 15.2. The number of alkyl halides is 1. The Morgan fingerprint density at radius 3 is 2.39 bits per heavy atom. The maximum absolute atomic E-state index is 14.9. The van der Waals surface area contributed by atoms with Crippen LogP contribution in [0.5, 0.6) is 0 Å². The minimum absolute atomic E-state index is 0.0807. The number of para-hydroxylation sites is 1. The molecular formula is C34H39BrClN3O4S. The maximum Gasteiger partial charge on any atom is 0.251 e. The normalized spacial score (nSPS) is 27.7. The lowest BCUT2D eigenvalue weighted by Gasteiger charge is -2.41. The summed E-state index contributed by atoms with van der Waals surface area (Å²) < 4.78 is -0.872. The van der Waals surface area contributed by atoms with Gasteiger partial charge in [0, 0.05) is 29.7 Å². The molecule has 0 saturated carbocycles. The highest BCUT2D eigenvalue weighted by atomic mass is 79.9. The number of hydrogen-bond donors (Lipinski definition) is 1. The zero-order valence-corrected chi connectivity index (χ0v) is 28.2. The zero-order chi connectivity index (χ0) is 31.8. The molecule has 3 fully saturated rings. The van der Waals surface area contributed by atoms with Crippen LogP contribution in [0.15, 0.2) is 79.9 Å². The molecule has 3 amide bonds. The monoisotopic (exact) mass is 699 g/mol. The fraction of sp³-hybridized carbons (Fsp3) is 0.441. The molecule has 0 aliphatic carbocycles. The van der Waals surface area contributed by atoms with Gasteiger partial charge in [0.05, 0.1) is 39.9 Å². The van der Waals surface area contributed by atoms with Gasteiger partial charge in [-0.1, -0.05) is 96.0 Å². The minimum Gasteiger partial charge on any atom is -0.394 e. The molecule has 0 radical (unpaired) electrons. The van der Waals surface area contributed by atoms with Crippen molar-refractivity contribution in [3.8, 4) is 0 Å². The van der Waals surface area contributed by atoms with Gasteiger partial charge in [-0.15, -0.1) is 24.9 Å². The number of nitrogens with zero attached hydrogens (tertiary/aromatic N) is 3. The number of halogens is 2. The summed E-state index contributed by atoms with van der Waals surface area (Å²) in [4.78, 5) is 49.0. The number of carbonyl (C=O) groups excluding carboxylic acids is 3. The van der Waals surface area contributed by atoms with Gasteiger partial charge < -0.3 is 19.8 Å². The zero-order valence-electron chi connectivity index (χ0n) is 25.0. The summed E-state index contributed by atoms with van der Waals surface area (Å²) >= 11 is 12.0.